The summed E-state index contributed by atoms with van der Waals surface area (Å²) in [5.74, 6) is 0.235. The van der Waals surface area contributed by atoms with Gasteiger partial charge in [0, 0.05) is 11.1 Å². The smallest absolute Gasteiger partial charge is 0.344 e. The fraction of sp³-hybridized carbons (Fsp3) is 0.500. The Morgan fingerprint density at radius 1 is 1.36 bits per heavy atom. The maximum absolute atomic E-state index is 11.6. The second-order valence-electron chi connectivity index (χ2n) is 5.55. The Bertz CT molecular complexity index is 557. The molecule has 0 unspecified atom stereocenters. The minimum absolute atomic E-state index is 0.138. The molecular formula is C16H20ClNO4. The molecule has 6 heteroatoms. The van der Waals surface area contributed by atoms with Gasteiger partial charge in [-0.3, -0.25) is 4.79 Å². The van der Waals surface area contributed by atoms with Gasteiger partial charge >= 0.3 is 5.97 Å². The fourth-order valence-electron chi connectivity index (χ4n) is 2.05. The Hall–Kier alpha value is -1.75. The fourth-order valence-corrected chi connectivity index (χ4v) is 2.16. The Labute approximate surface area is 134 Å². The summed E-state index contributed by atoms with van der Waals surface area (Å²) < 4.78 is 10.2. The molecule has 5 nitrogen and oxygen atoms in total. The Morgan fingerprint density at radius 3 is 2.73 bits per heavy atom. The van der Waals surface area contributed by atoms with Crippen LogP contribution in [0.1, 0.15) is 25.3 Å². The highest BCUT2D eigenvalue weighted by atomic mass is 35.5. The number of hydrogen-bond acceptors (Lipinski definition) is 4. The predicted molar refractivity (Wildman–Crippen MR) is 83.0 cm³/mol. The molecule has 1 amide bonds. The summed E-state index contributed by atoms with van der Waals surface area (Å²) in [5.41, 5.74) is 0.862. The van der Waals surface area contributed by atoms with E-state index in [1.54, 1.807) is 18.2 Å². The second-order valence-corrected chi connectivity index (χ2v) is 5.96. The lowest BCUT2D eigenvalue weighted by atomic mass is 10.2. The van der Waals surface area contributed by atoms with Gasteiger partial charge in [0.25, 0.3) is 5.91 Å². The molecule has 1 atom stereocenters. The van der Waals surface area contributed by atoms with Gasteiger partial charge < -0.3 is 14.8 Å². The molecule has 0 heterocycles. The summed E-state index contributed by atoms with van der Waals surface area (Å²) >= 11 is 5.90. The number of amides is 1. The average molecular weight is 326 g/mol. The molecule has 22 heavy (non-hydrogen) atoms. The number of aryl methyl sites for hydroxylation is 1. The first-order valence-corrected chi connectivity index (χ1v) is 7.67. The normalized spacial score (nSPS) is 15.0. The predicted octanol–water partition coefficient (Wildman–Crippen LogP) is 2.49. The highest BCUT2D eigenvalue weighted by Gasteiger charge is 2.28. The van der Waals surface area contributed by atoms with Crippen molar-refractivity contribution in [3.63, 3.8) is 0 Å². The van der Waals surface area contributed by atoms with Crippen LogP contribution in [-0.4, -0.2) is 31.1 Å². The van der Waals surface area contributed by atoms with Crippen LogP contribution in [0.25, 0.3) is 0 Å². The summed E-state index contributed by atoms with van der Waals surface area (Å²) in [6.07, 6.45) is 2.30. The SMILES string of the molecule is Cc1cc(OCC(=O)OCC(=O)N[C@@H](C)C2CC2)ccc1Cl. The molecule has 0 saturated heterocycles. The van der Waals surface area contributed by atoms with Crippen molar-refractivity contribution in [2.24, 2.45) is 5.92 Å². The van der Waals surface area contributed by atoms with Crippen molar-refractivity contribution in [1.82, 2.24) is 5.32 Å². The first-order chi connectivity index (χ1) is 10.5. The molecule has 1 saturated carbocycles. The van der Waals surface area contributed by atoms with Crippen LogP contribution < -0.4 is 10.1 Å². The Balaban J connectivity index is 1.66. The summed E-state index contributed by atoms with van der Waals surface area (Å²) in [7, 11) is 0. The topological polar surface area (TPSA) is 64.6 Å². The lowest BCUT2D eigenvalue weighted by Gasteiger charge is -2.13. The molecule has 1 fully saturated rings. The van der Waals surface area contributed by atoms with E-state index < -0.39 is 5.97 Å². The second kappa shape index (κ2) is 7.49. The quantitative estimate of drug-likeness (QED) is 0.782. The number of hydrogen-bond donors (Lipinski definition) is 1. The Morgan fingerprint density at radius 2 is 2.09 bits per heavy atom. The number of esters is 1. The number of carbonyl (C=O) groups excluding carboxylic acids is 2. The van der Waals surface area contributed by atoms with Gasteiger partial charge in [-0.15, -0.1) is 0 Å². The zero-order chi connectivity index (χ0) is 16.1. The van der Waals surface area contributed by atoms with E-state index in [4.69, 9.17) is 21.1 Å². The first kappa shape index (κ1) is 16.6. The van der Waals surface area contributed by atoms with Crippen LogP contribution in [0.3, 0.4) is 0 Å². The largest absolute Gasteiger partial charge is 0.482 e. The zero-order valence-electron chi connectivity index (χ0n) is 12.7. The highest BCUT2D eigenvalue weighted by Crippen LogP contribution is 2.32. The molecule has 0 radical (unpaired) electrons. The third kappa shape index (κ3) is 5.22. The number of carbonyl (C=O) groups is 2. The summed E-state index contributed by atoms with van der Waals surface area (Å²) in [5, 5.41) is 3.45. The summed E-state index contributed by atoms with van der Waals surface area (Å²) in [6.45, 7) is 3.29. The molecule has 1 N–H and O–H groups in total. The first-order valence-electron chi connectivity index (χ1n) is 7.29. The molecule has 1 aromatic rings. The number of nitrogens with one attached hydrogen (secondary N) is 1. The molecule has 1 aliphatic rings. The van der Waals surface area contributed by atoms with Crippen LogP contribution >= 0.6 is 11.6 Å². The van der Waals surface area contributed by atoms with E-state index in [9.17, 15) is 9.59 Å². The maximum atomic E-state index is 11.6. The molecule has 0 aliphatic heterocycles. The average Bonchev–Trinajstić information content (AvgIpc) is 3.31. The van der Waals surface area contributed by atoms with Crippen LogP contribution in [0, 0.1) is 12.8 Å². The highest BCUT2D eigenvalue weighted by molar-refractivity contribution is 6.31. The van der Waals surface area contributed by atoms with Gasteiger partial charge in [0.05, 0.1) is 0 Å². The van der Waals surface area contributed by atoms with Gasteiger partial charge in [-0.2, -0.15) is 0 Å². The van der Waals surface area contributed by atoms with Crippen molar-refractivity contribution < 1.29 is 19.1 Å². The number of ether oxygens (including phenoxy) is 2. The molecule has 0 aromatic heterocycles. The lowest BCUT2D eigenvalue weighted by Crippen LogP contribution is -2.37. The van der Waals surface area contributed by atoms with E-state index in [-0.39, 0.29) is 25.2 Å². The van der Waals surface area contributed by atoms with Crippen molar-refractivity contribution in [3.05, 3.63) is 28.8 Å². The zero-order valence-corrected chi connectivity index (χ0v) is 13.5. The van der Waals surface area contributed by atoms with Gasteiger partial charge in [-0.1, -0.05) is 11.6 Å². The third-order valence-electron chi connectivity index (χ3n) is 3.57. The van der Waals surface area contributed by atoms with Crippen LogP contribution in [0.5, 0.6) is 5.75 Å². The van der Waals surface area contributed by atoms with E-state index in [2.05, 4.69) is 5.32 Å². The van der Waals surface area contributed by atoms with E-state index in [1.807, 2.05) is 13.8 Å². The molecule has 1 aromatic carbocycles. The minimum Gasteiger partial charge on any atom is -0.482 e. The van der Waals surface area contributed by atoms with Crippen molar-refractivity contribution >= 4 is 23.5 Å². The molecule has 1 aliphatic carbocycles. The van der Waals surface area contributed by atoms with E-state index >= 15 is 0 Å². The number of rotatable bonds is 7. The van der Waals surface area contributed by atoms with Gasteiger partial charge in [0.1, 0.15) is 5.75 Å². The van der Waals surface area contributed by atoms with Crippen molar-refractivity contribution in [1.29, 1.82) is 0 Å². The van der Waals surface area contributed by atoms with E-state index in [0.717, 1.165) is 18.4 Å². The molecule has 0 spiro atoms. The Kier molecular flexibility index (Phi) is 5.66. The monoisotopic (exact) mass is 325 g/mol. The summed E-state index contributed by atoms with van der Waals surface area (Å²) in [4.78, 5) is 23.2. The standard InChI is InChI=1S/C16H20ClNO4/c1-10-7-13(5-6-14(10)17)21-9-16(20)22-8-15(19)18-11(2)12-3-4-12/h5-7,11-12H,3-4,8-9H2,1-2H3,(H,18,19)/t11-/m0/s1. The van der Waals surface area contributed by atoms with Gasteiger partial charge in [0.15, 0.2) is 13.2 Å². The third-order valence-corrected chi connectivity index (χ3v) is 3.99. The van der Waals surface area contributed by atoms with Gasteiger partial charge in [-0.25, -0.2) is 4.79 Å². The maximum Gasteiger partial charge on any atom is 0.344 e. The molecule has 2 rings (SSSR count). The van der Waals surface area contributed by atoms with Crippen molar-refractivity contribution in [3.8, 4) is 5.75 Å². The minimum atomic E-state index is -0.582. The number of benzene rings is 1. The summed E-state index contributed by atoms with van der Waals surface area (Å²) in [6, 6.07) is 5.25. The van der Waals surface area contributed by atoms with Crippen LogP contribution in [0.2, 0.25) is 5.02 Å². The van der Waals surface area contributed by atoms with Crippen molar-refractivity contribution in [2.75, 3.05) is 13.2 Å². The lowest BCUT2D eigenvalue weighted by molar-refractivity contribution is -0.150. The van der Waals surface area contributed by atoms with Crippen LogP contribution in [0.4, 0.5) is 0 Å². The van der Waals surface area contributed by atoms with E-state index in [1.165, 1.54) is 0 Å². The molecular weight excluding hydrogens is 306 g/mol. The van der Waals surface area contributed by atoms with Crippen LogP contribution in [-0.2, 0) is 14.3 Å². The van der Waals surface area contributed by atoms with Crippen molar-refractivity contribution in [2.45, 2.75) is 32.7 Å². The molecule has 120 valence electrons. The molecule has 0 bridgehead atoms. The van der Waals surface area contributed by atoms with Crippen LogP contribution in [0.15, 0.2) is 18.2 Å². The number of halogens is 1. The van der Waals surface area contributed by atoms with E-state index in [0.29, 0.717) is 16.7 Å². The van der Waals surface area contributed by atoms with Gasteiger partial charge in [-0.05, 0) is 56.4 Å². The van der Waals surface area contributed by atoms with Gasteiger partial charge in [0.2, 0.25) is 0 Å².